The van der Waals surface area contributed by atoms with Gasteiger partial charge in [0, 0.05) is 12.1 Å². The maximum Gasteiger partial charge on any atom is 0.412 e. The molecule has 0 aliphatic carbocycles. The number of para-hydroxylation sites is 1. The number of benzene rings is 1. The molecule has 1 aromatic carbocycles. The largest absolute Gasteiger partial charge is 0.412 e. The summed E-state index contributed by atoms with van der Waals surface area (Å²) < 4.78 is 5.11. The first-order valence-corrected chi connectivity index (χ1v) is 6.73. The van der Waals surface area contributed by atoms with E-state index in [1.807, 2.05) is 18.2 Å². The molecule has 0 aliphatic heterocycles. The first kappa shape index (κ1) is 18.7. The Labute approximate surface area is 127 Å². The summed E-state index contributed by atoms with van der Waals surface area (Å²) in [5.41, 5.74) is 0.152. The van der Waals surface area contributed by atoms with Crippen LogP contribution in [0.1, 0.15) is 33.6 Å². The van der Waals surface area contributed by atoms with E-state index in [1.165, 1.54) is 0 Å². The Morgan fingerprint density at radius 1 is 1.10 bits per heavy atom. The average Bonchev–Trinajstić information content (AvgIpc) is 2.33. The van der Waals surface area contributed by atoms with Crippen molar-refractivity contribution in [2.75, 3.05) is 13.1 Å². The Morgan fingerprint density at radius 2 is 1.70 bits per heavy atom. The molecule has 20 heavy (non-hydrogen) atoms. The van der Waals surface area contributed by atoms with Crippen molar-refractivity contribution in [1.82, 2.24) is 10.6 Å². The number of carbonyl (C=O) groups excluding carboxylic acids is 1. The molecule has 0 saturated heterocycles. The van der Waals surface area contributed by atoms with E-state index in [4.69, 9.17) is 4.74 Å². The maximum atomic E-state index is 11.5. The number of unbranched alkanes of at least 4 members (excludes halogenated alkanes) is 1. The second-order valence-electron chi connectivity index (χ2n) is 5.51. The number of hydrogen-bond acceptors (Lipinski definition) is 3. The van der Waals surface area contributed by atoms with Crippen LogP contribution < -0.4 is 15.4 Å². The van der Waals surface area contributed by atoms with E-state index < -0.39 is 6.09 Å². The molecule has 0 bridgehead atoms. The quantitative estimate of drug-likeness (QED) is 0.792. The molecular formula is C15H25ClN2O2. The summed E-state index contributed by atoms with van der Waals surface area (Å²) >= 11 is 0. The van der Waals surface area contributed by atoms with E-state index >= 15 is 0 Å². The Balaban J connectivity index is 0.00000361. The van der Waals surface area contributed by atoms with Crippen LogP contribution in [0.15, 0.2) is 30.3 Å². The number of rotatable bonds is 6. The molecule has 0 aromatic heterocycles. The van der Waals surface area contributed by atoms with Crippen LogP contribution >= 0.6 is 12.4 Å². The van der Waals surface area contributed by atoms with Crippen molar-refractivity contribution in [3.8, 4) is 5.75 Å². The Kier molecular flexibility index (Phi) is 9.01. The first-order valence-electron chi connectivity index (χ1n) is 6.73. The molecule has 0 aliphatic rings. The number of ether oxygens (including phenoxy) is 1. The predicted molar refractivity (Wildman–Crippen MR) is 84.7 cm³/mol. The van der Waals surface area contributed by atoms with Crippen LogP contribution in [0.5, 0.6) is 5.75 Å². The second kappa shape index (κ2) is 9.61. The van der Waals surface area contributed by atoms with Crippen LogP contribution in [-0.2, 0) is 0 Å². The Hall–Kier alpha value is -1.26. The molecule has 0 unspecified atom stereocenters. The minimum absolute atomic E-state index is 0. The van der Waals surface area contributed by atoms with Crippen LogP contribution in [0, 0.1) is 0 Å². The summed E-state index contributed by atoms with van der Waals surface area (Å²) in [7, 11) is 0. The molecule has 1 rings (SSSR count). The molecule has 0 saturated carbocycles. The Bertz CT molecular complexity index is 377. The third-order valence-corrected chi connectivity index (χ3v) is 2.48. The minimum Gasteiger partial charge on any atom is -0.410 e. The molecule has 0 atom stereocenters. The molecule has 0 radical (unpaired) electrons. The van der Waals surface area contributed by atoms with E-state index in [-0.39, 0.29) is 17.9 Å². The van der Waals surface area contributed by atoms with Crippen LogP contribution in [0.4, 0.5) is 4.79 Å². The fraction of sp³-hybridized carbons (Fsp3) is 0.533. The lowest BCUT2D eigenvalue weighted by Gasteiger charge is -2.20. The standard InChI is InChI=1S/C15H24N2O2.ClH/c1-15(2,3)17-12-8-7-11-16-14(18)19-13-9-5-4-6-10-13;/h4-6,9-10,17H,7-8,11-12H2,1-3H3,(H,16,18);1H. The molecule has 1 aromatic rings. The molecule has 1 amide bonds. The second-order valence-corrected chi connectivity index (χ2v) is 5.51. The van der Waals surface area contributed by atoms with E-state index in [0.717, 1.165) is 19.4 Å². The zero-order valence-corrected chi connectivity index (χ0v) is 13.3. The molecule has 0 fully saturated rings. The summed E-state index contributed by atoms with van der Waals surface area (Å²) in [6, 6.07) is 9.06. The van der Waals surface area contributed by atoms with Crippen LogP contribution in [0.25, 0.3) is 0 Å². The number of nitrogens with one attached hydrogen (secondary N) is 2. The number of amides is 1. The molecule has 4 nitrogen and oxygen atoms in total. The summed E-state index contributed by atoms with van der Waals surface area (Å²) in [5, 5.41) is 6.15. The van der Waals surface area contributed by atoms with Crippen molar-refractivity contribution in [3.05, 3.63) is 30.3 Å². The molecule has 0 spiro atoms. The summed E-state index contributed by atoms with van der Waals surface area (Å²) in [5.74, 6) is 0.564. The monoisotopic (exact) mass is 300 g/mol. The molecular weight excluding hydrogens is 276 g/mol. The predicted octanol–water partition coefficient (Wildman–Crippen LogP) is 3.37. The highest BCUT2D eigenvalue weighted by Gasteiger charge is 2.07. The molecule has 5 heteroatoms. The van der Waals surface area contributed by atoms with Gasteiger partial charge < -0.3 is 15.4 Å². The third kappa shape index (κ3) is 9.64. The lowest BCUT2D eigenvalue weighted by Crippen LogP contribution is -2.36. The number of carbonyl (C=O) groups is 1. The average molecular weight is 301 g/mol. The van der Waals surface area contributed by atoms with Gasteiger partial charge in [0.15, 0.2) is 0 Å². The summed E-state index contributed by atoms with van der Waals surface area (Å²) in [6.07, 6.45) is 1.57. The molecule has 2 N–H and O–H groups in total. The Morgan fingerprint density at radius 3 is 2.30 bits per heavy atom. The van der Waals surface area contributed by atoms with Crippen LogP contribution in [0.2, 0.25) is 0 Å². The van der Waals surface area contributed by atoms with Gasteiger partial charge in [-0.05, 0) is 52.3 Å². The number of hydrogen-bond donors (Lipinski definition) is 2. The fourth-order valence-electron chi connectivity index (χ4n) is 1.54. The van der Waals surface area contributed by atoms with Crippen molar-refractivity contribution in [1.29, 1.82) is 0 Å². The van der Waals surface area contributed by atoms with E-state index in [9.17, 15) is 4.79 Å². The van der Waals surface area contributed by atoms with E-state index in [2.05, 4.69) is 31.4 Å². The van der Waals surface area contributed by atoms with Crippen LogP contribution in [-0.4, -0.2) is 24.7 Å². The van der Waals surface area contributed by atoms with Crippen molar-refractivity contribution in [2.24, 2.45) is 0 Å². The molecule has 0 heterocycles. The van der Waals surface area contributed by atoms with Crippen molar-refractivity contribution in [3.63, 3.8) is 0 Å². The van der Waals surface area contributed by atoms with Gasteiger partial charge in [-0.2, -0.15) is 0 Å². The van der Waals surface area contributed by atoms with Gasteiger partial charge in [0.05, 0.1) is 0 Å². The van der Waals surface area contributed by atoms with E-state index in [1.54, 1.807) is 12.1 Å². The van der Waals surface area contributed by atoms with Crippen molar-refractivity contribution >= 4 is 18.5 Å². The maximum absolute atomic E-state index is 11.5. The van der Waals surface area contributed by atoms with Crippen molar-refractivity contribution < 1.29 is 9.53 Å². The number of halogens is 1. The van der Waals surface area contributed by atoms with E-state index in [0.29, 0.717) is 12.3 Å². The smallest absolute Gasteiger partial charge is 0.410 e. The summed E-state index contributed by atoms with van der Waals surface area (Å²) in [6.45, 7) is 8.02. The molecule has 114 valence electrons. The van der Waals surface area contributed by atoms with Gasteiger partial charge in [0.25, 0.3) is 0 Å². The van der Waals surface area contributed by atoms with Gasteiger partial charge >= 0.3 is 6.09 Å². The highest BCUT2D eigenvalue weighted by Crippen LogP contribution is 2.08. The van der Waals surface area contributed by atoms with Gasteiger partial charge in [0.2, 0.25) is 0 Å². The van der Waals surface area contributed by atoms with Gasteiger partial charge in [0.1, 0.15) is 5.75 Å². The highest BCUT2D eigenvalue weighted by molar-refractivity contribution is 5.85. The minimum atomic E-state index is -0.394. The van der Waals surface area contributed by atoms with Gasteiger partial charge in [-0.1, -0.05) is 18.2 Å². The third-order valence-electron chi connectivity index (χ3n) is 2.48. The van der Waals surface area contributed by atoms with Gasteiger partial charge in [-0.15, -0.1) is 12.4 Å². The fourth-order valence-corrected chi connectivity index (χ4v) is 1.54. The summed E-state index contributed by atoms with van der Waals surface area (Å²) in [4.78, 5) is 11.5. The van der Waals surface area contributed by atoms with Crippen molar-refractivity contribution in [2.45, 2.75) is 39.2 Å². The van der Waals surface area contributed by atoms with Gasteiger partial charge in [-0.3, -0.25) is 0 Å². The SMILES string of the molecule is CC(C)(C)NCCCCNC(=O)Oc1ccccc1.Cl. The first-order chi connectivity index (χ1) is 8.97. The lowest BCUT2D eigenvalue weighted by atomic mass is 10.1. The normalized spacial score (nSPS) is 10.6. The lowest BCUT2D eigenvalue weighted by molar-refractivity contribution is 0.200. The zero-order valence-electron chi connectivity index (χ0n) is 12.4. The zero-order chi connectivity index (χ0) is 14.1. The van der Waals surface area contributed by atoms with Gasteiger partial charge in [-0.25, -0.2) is 4.79 Å². The van der Waals surface area contributed by atoms with Crippen LogP contribution in [0.3, 0.4) is 0 Å². The highest BCUT2D eigenvalue weighted by atomic mass is 35.5. The topological polar surface area (TPSA) is 50.4 Å².